The van der Waals surface area contributed by atoms with E-state index in [2.05, 4.69) is 32.4 Å². The first-order chi connectivity index (χ1) is 12.8. The Morgan fingerprint density at radius 1 is 1.08 bits per heavy atom. The van der Waals surface area contributed by atoms with Crippen LogP contribution in [0.3, 0.4) is 0 Å². The Morgan fingerprint density at radius 2 is 2.00 bits per heavy atom. The van der Waals surface area contributed by atoms with Crippen LogP contribution in [0.25, 0.3) is 0 Å². The minimum atomic E-state index is -0.138. The summed E-state index contributed by atoms with van der Waals surface area (Å²) in [5, 5.41) is 3.71. The number of nitrogens with zero attached hydrogens (tertiary/aromatic N) is 3. The zero-order chi connectivity index (χ0) is 17.8. The molecule has 5 nitrogen and oxygen atoms in total. The molecule has 0 saturated carbocycles. The van der Waals surface area contributed by atoms with Gasteiger partial charge >= 0.3 is 0 Å². The molecule has 2 aromatic heterocycles. The number of benzene rings is 1. The maximum absolute atomic E-state index is 12.8. The van der Waals surface area contributed by atoms with E-state index in [0.717, 1.165) is 24.2 Å². The predicted molar refractivity (Wildman–Crippen MR) is 102 cm³/mol. The van der Waals surface area contributed by atoms with Gasteiger partial charge in [0.25, 0.3) is 5.91 Å². The van der Waals surface area contributed by atoms with Crippen LogP contribution in [0, 0.1) is 0 Å². The molecule has 0 aliphatic heterocycles. The van der Waals surface area contributed by atoms with Gasteiger partial charge in [-0.3, -0.25) is 4.79 Å². The third kappa shape index (κ3) is 3.75. The van der Waals surface area contributed by atoms with Gasteiger partial charge in [0.05, 0.1) is 11.3 Å². The van der Waals surface area contributed by atoms with Crippen molar-refractivity contribution in [1.29, 1.82) is 0 Å². The van der Waals surface area contributed by atoms with E-state index in [9.17, 15) is 4.79 Å². The number of anilines is 1. The first kappa shape index (κ1) is 16.7. The van der Waals surface area contributed by atoms with E-state index < -0.39 is 0 Å². The van der Waals surface area contributed by atoms with Gasteiger partial charge in [0.15, 0.2) is 0 Å². The zero-order valence-electron chi connectivity index (χ0n) is 14.2. The summed E-state index contributed by atoms with van der Waals surface area (Å²) < 4.78 is 0. The highest BCUT2D eigenvalue weighted by atomic mass is 32.2. The summed E-state index contributed by atoms with van der Waals surface area (Å²) in [6.07, 6.45) is 8.36. The Labute approximate surface area is 156 Å². The summed E-state index contributed by atoms with van der Waals surface area (Å²) >= 11 is 1.50. The second kappa shape index (κ2) is 7.66. The number of pyridine rings is 1. The van der Waals surface area contributed by atoms with E-state index in [1.54, 1.807) is 24.5 Å². The molecule has 0 radical (unpaired) electrons. The van der Waals surface area contributed by atoms with E-state index >= 15 is 0 Å². The van der Waals surface area contributed by atoms with E-state index in [0.29, 0.717) is 16.3 Å². The molecule has 0 bridgehead atoms. The number of hydrogen-bond donors (Lipinski definition) is 1. The Morgan fingerprint density at radius 3 is 2.88 bits per heavy atom. The molecule has 6 heteroatoms. The fourth-order valence-electron chi connectivity index (χ4n) is 3.07. The summed E-state index contributed by atoms with van der Waals surface area (Å²) in [5.41, 5.74) is 5.05. The molecule has 1 amide bonds. The number of carbonyl (C=O) groups excluding carboxylic acids is 1. The Balaban J connectivity index is 1.49. The van der Waals surface area contributed by atoms with Crippen molar-refractivity contribution in [3.8, 4) is 0 Å². The monoisotopic (exact) mass is 362 g/mol. The minimum Gasteiger partial charge on any atom is -0.322 e. The zero-order valence-corrected chi connectivity index (χ0v) is 15.0. The summed E-state index contributed by atoms with van der Waals surface area (Å²) in [6, 6.07) is 11.6. The number of aryl methyl sites for hydroxylation is 2. The molecule has 26 heavy (non-hydrogen) atoms. The summed E-state index contributed by atoms with van der Waals surface area (Å²) in [6.45, 7) is 0. The number of amides is 1. The van der Waals surface area contributed by atoms with E-state index in [-0.39, 0.29) is 5.91 Å². The van der Waals surface area contributed by atoms with Gasteiger partial charge in [-0.2, -0.15) is 0 Å². The van der Waals surface area contributed by atoms with E-state index in [4.69, 9.17) is 0 Å². The molecule has 2 heterocycles. The topological polar surface area (TPSA) is 67.8 Å². The van der Waals surface area contributed by atoms with Gasteiger partial charge in [-0.25, -0.2) is 15.0 Å². The molecule has 1 aliphatic rings. The van der Waals surface area contributed by atoms with Crippen molar-refractivity contribution in [3.05, 3.63) is 77.5 Å². The number of carbonyl (C=O) groups is 1. The third-order valence-corrected chi connectivity index (χ3v) is 5.41. The van der Waals surface area contributed by atoms with Crippen LogP contribution in [-0.4, -0.2) is 20.9 Å². The Kier molecular flexibility index (Phi) is 4.93. The smallest absolute Gasteiger partial charge is 0.258 e. The van der Waals surface area contributed by atoms with Gasteiger partial charge in [0, 0.05) is 23.8 Å². The van der Waals surface area contributed by atoms with Gasteiger partial charge < -0.3 is 5.32 Å². The maximum atomic E-state index is 12.8. The Hall–Kier alpha value is -2.73. The molecular formula is C20H18N4OS. The summed E-state index contributed by atoms with van der Waals surface area (Å²) in [4.78, 5) is 25.3. The first-order valence-electron chi connectivity index (χ1n) is 8.55. The molecule has 1 N–H and O–H groups in total. The van der Waals surface area contributed by atoms with Crippen LogP contribution in [-0.2, 0) is 18.6 Å². The lowest BCUT2D eigenvalue weighted by Gasteiger charge is -2.10. The lowest BCUT2D eigenvalue weighted by molar-refractivity contribution is 0.102. The van der Waals surface area contributed by atoms with Crippen LogP contribution in [0.15, 0.2) is 60.1 Å². The van der Waals surface area contributed by atoms with Crippen molar-refractivity contribution < 1.29 is 4.79 Å². The molecule has 0 atom stereocenters. The minimum absolute atomic E-state index is 0.138. The van der Waals surface area contributed by atoms with Gasteiger partial charge in [0.2, 0.25) is 0 Å². The predicted octanol–water partition coefficient (Wildman–Crippen LogP) is 3.90. The highest BCUT2D eigenvalue weighted by Gasteiger charge is 2.15. The molecule has 1 aromatic carbocycles. The number of fused-ring (bicyclic) bond motifs is 1. The fraction of sp³-hybridized carbons (Fsp3) is 0.200. The van der Waals surface area contributed by atoms with Crippen LogP contribution in [0.4, 0.5) is 5.69 Å². The average molecular weight is 362 g/mol. The van der Waals surface area contributed by atoms with Gasteiger partial charge in [-0.05, 0) is 60.7 Å². The maximum Gasteiger partial charge on any atom is 0.258 e. The first-order valence-corrected chi connectivity index (χ1v) is 9.54. The van der Waals surface area contributed by atoms with E-state index in [1.165, 1.54) is 35.6 Å². The van der Waals surface area contributed by atoms with Crippen molar-refractivity contribution in [2.24, 2.45) is 0 Å². The second-order valence-corrected chi connectivity index (χ2v) is 7.10. The largest absolute Gasteiger partial charge is 0.322 e. The average Bonchev–Trinajstić information content (AvgIpc) is 3.15. The molecule has 0 unspecified atom stereocenters. The van der Waals surface area contributed by atoms with Crippen molar-refractivity contribution in [2.45, 2.75) is 30.0 Å². The second-order valence-electron chi connectivity index (χ2n) is 6.14. The van der Waals surface area contributed by atoms with Gasteiger partial charge in [0.1, 0.15) is 11.4 Å². The molecule has 0 fully saturated rings. The van der Waals surface area contributed by atoms with E-state index in [1.807, 2.05) is 12.1 Å². The highest BCUT2D eigenvalue weighted by molar-refractivity contribution is 7.98. The molecule has 0 saturated heterocycles. The molecule has 3 aromatic rings. The highest BCUT2D eigenvalue weighted by Crippen LogP contribution is 2.27. The lowest BCUT2D eigenvalue weighted by atomic mass is 10.1. The fourth-order valence-corrected chi connectivity index (χ4v) is 3.98. The van der Waals surface area contributed by atoms with Crippen LogP contribution in [0.5, 0.6) is 0 Å². The number of rotatable bonds is 5. The van der Waals surface area contributed by atoms with Crippen LogP contribution in [0.2, 0.25) is 0 Å². The third-order valence-electron chi connectivity index (χ3n) is 4.37. The van der Waals surface area contributed by atoms with Gasteiger partial charge in [-0.15, -0.1) is 0 Å². The van der Waals surface area contributed by atoms with Crippen molar-refractivity contribution >= 4 is 23.4 Å². The quantitative estimate of drug-likeness (QED) is 0.697. The standard InChI is InChI=1S/C20H18N4OS/c25-19(24-16-7-6-14-3-1-4-15(14)11-16)18-5-2-9-22-20(18)26-12-17-8-10-21-13-23-17/h2,5-11,13H,1,3-4,12H2,(H,24,25). The number of thioether (sulfide) groups is 1. The van der Waals surface area contributed by atoms with Crippen molar-refractivity contribution in [1.82, 2.24) is 15.0 Å². The number of nitrogens with one attached hydrogen (secondary N) is 1. The summed E-state index contributed by atoms with van der Waals surface area (Å²) in [7, 11) is 0. The van der Waals surface area contributed by atoms with Crippen molar-refractivity contribution in [2.75, 3.05) is 5.32 Å². The van der Waals surface area contributed by atoms with Crippen LogP contribution in [0.1, 0.15) is 33.6 Å². The molecule has 1 aliphatic carbocycles. The lowest BCUT2D eigenvalue weighted by Crippen LogP contribution is -2.14. The van der Waals surface area contributed by atoms with Gasteiger partial charge in [-0.1, -0.05) is 17.8 Å². The Bertz CT molecular complexity index is 930. The number of aromatic nitrogens is 3. The normalized spacial score (nSPS) is 12.6. The van der Waals surface area contributed by atoms with Crippen molar-refractivity contribution in [3.63, 3.8) is 0 Å². The molecule has 4 rings (SSSR count). The molecule has 0 spiro atoms. The molecular weight excluding hydrogens is 344 g/mol. The van der Waals surface area contributed by atoms with Crippen LogP contribution >= 0.6 is 11.8 Å². The molecule has 130 valence electrons. The SMILES string of the molecule is O=C(Nc1ccc2c(c1)CCC2)c1cccnc1SCc1ccncn1. The number of hydrogen-bond acceptors (Lipinski definition) is 5. The summed E-state index contributed by atoms with van der Waals surface area (Å²) in [5.74, 6) is 0.500. The van der Waals surface area contributed by atoms with Crippen LogP contribution < -0.4 is 5.32 Å².